The quantitative estimate of drug-likeness (QED) is 0.675. The second-order valence-corrected chi connectivity index (χ2v) is 7.56. The lowest BCUT2D eigenvalue weighted by Crippen LogP contribution is -2.32. The molecule has 148 valence electrons. The molecule has 6 nitrogen and oxygen atoms in total. The highest BCUT2D eigenvalue weighted by Crippen LogP contribution is 2.39. The summed E-state index contributed by atoms with van der Waals surface area (Å²) in [4.78, 5) is 18.8. The maximum Gasteiger partial charge on any atom is 0.223 e. The van der Waals surface area contributed by atoms with E-state index >= 15 is 0 Å². The summed E-state index contributed by atoms with van der Waals surface area (Å²) in [6.07, 6.45) is 1.09. The molecular weight excluding hydrogens is 398 g/mol. The van der Waals surface area contributed by atoms with E-state index in [1.807, 2.05) is 30.3 Å². The molecule has 0 bridgehead atoms. The molecule has 28 heavy (non-hydrogen) atoms. The van der Waals surface area contributed by atoms with Gasteiger partial charge in [0.1, 0.15) is 11.6 Å². The van der Waals surface area contributed by atoms with Gasteiger partial charge in [0.05, 0.1) is 16.8 Å². The number of aromatic hydroxyl groups is 1. The van der Waals surface area contributed by atoms with Gasteiger partial charge in [-0.15, -0.1) is 23.7 Å². The van der Waals surface area contributed by atoms with Gasteiger partial charge in [-0.05, 0) is 37.2 Å². The standard InChI is InChI=1S/C20H21N3O3S.ClH/c21-7-3-6-18(25)23-8-9-26-19-14(12-23)10-13(11-16(19)24)20-22-15-4-1-2-5-17(15)27-20;/h1-2,4-5,10-11,24H,3,6-9,12,21H2;1H. The number of nitrogens with zero attached hydrogens (tertiary/aromatic N) is 2. The van der Waals surface area contributed by atoms with Gasteiger partial charge in [-0.1, -0.05) is 12.1 Å². The van der Waals surface area contributed by atoms with Crippen LogP contribution < -0.4 is 10.5 Å². The molecule has 0 unspecified atom stereocenters. The minimum absolute atomic E-state index is 0. The van der Waals surface area contributed by atoms with Gasteiger partial charge in [0.15, 0.2) is 11.5 Å². The topological polar surface area (TPSA) is 88.7 Å². The Morgan fingerprint density at radius 2 is 2.14 bits per heavy atom. The number of rotatable bonds is 4. The van der Waals surface area contributed by atoms with Crippen molar-refractivity contribution in [2.75, 3.05) is 19.7 Å². The number of halogens is 1. The zero-order chi connectivity index (χ0) is 18.8. The van der Waals surface area contributed by atoms with Gasteiger partial charge in [0.2, 0.25) is 5.91 Å². The molecule has 0 aliphatic carbocycles. The Kier molecular flexibility index (Phi) is 6.39. The minimum atomic E-state index is 0. The lowest BCUT2D eigenvalue weighted by Gasteiger charge is -2.20. The van der Waals surface area contributed by atoms with Crippen LogP contribution >= 0.6 is 23.7 Å². The Morgan fingerprint density at radius 3 is 2.93 bits per heavy atom. The summed E-state index contributed by atoms with van der Waals surface area (Å²) < 4.78 is 6.82. The van der Waals surface area contributed by atoms with Crippen LogP contribution in [-0.2, 0) is 11.3 Å². The summed E-state index contributed by atoms with van der Waals surface area (Å²) in [5.74, 6) is 0.591. The second-order valence-electron chi connectivity index (χ2n) is 6.53. The van der Waals surface area contributed by atoms with E-state index in [1.165, 1.54) is 0 Å². The number of hydrogen-bond acceptors (Lipinski definition) is 6. The first-order valence-corrected chi connectivity index (χ1v) is 9.80. The van der Waals surface area contributed by atoms with E-state index in [4.69, 9.17) is 10.5 Å². The van der Waals surface area contributed by atoms with Crippen molar-refractivity contribution >= 4 is 39.9 Å². The monoisotopic (exact) mass is 419 g/mol. The molecular formula is C20H22ClN3O3S. The highest BCUT2D eigenvalue weighted by Gasteiger charge is 2.23. The smallest absolute Gasteiger partial charge is 0.223 e. The summed E-state index contributed by atoms with van der Waals surface area (Å²) in [5.41, 5.74) is 8.07. The van der Waals surface area contributed by atoms with Crippen LogP contribution in [0.3, 0.4) is 0 Å². The minimum Gasteiger partial charge on any atom is -0.504 e. The second kappa shape index (κ2) is 8.77. The molecule has 0 atom stereocenters. The molecule has 0 saturated heterocycles. The van der Waals surface area contributed by atoms with Crippen LogP contribution in [0.4, 0.5) is 0 Å². The molecule has 2 aromatic carbocycles. The SMILES string of the molecule is Cl.NCCCC(=O)N1CCOc2c(O)cc(-c3nc4ccccc4s3)cc2C1. The fourth-order valence-electron chi connectivity index (χ4n) is 3.24. The zero-order valence-electron chi connectivity index (χ0n) is 15.3. The number of fused-ring (bicyclic) bond motifs is 2. The van der Waals surface area contributed by atoms with Gasteiger partial charge in [-0.25, -0.2) is 4.98 Å². The van der Waals surface area contributed by atoms with Gasteiger partial charge < -0.3 is 20.5 Å². The van der Waals surface area contributed by atoms with Crippen molar-refractivity contribution < 1.29 is 14.6 Å². The first-order valence-electron chi connectivity index (χ1n) is 8.98. The molecule has 3 N–H and O–H groups in total. The molecule has 1 amide bonds. The number of carbonyl (C=O) groups is 1. The maximum atomic E-state index is 12.4. The molecule has 2 heterocycles. The van der Waals surface area contributed by atoms with Crippen molar-refractivity contribution in [1.29, 1.82) is 0 Å². The average molecular weight is 420 g/mol. The van der Waals surface area contributed by atoms with Crippen molar-refractivity contribution in [1.82, 2.24) is 9.88 Å². The lowest BCUT2D eigenvalue weighted by atomic mass is 10.1. The molecule has 1 aliphatic heterocycles. The largest absolute Gasteiger partial charge is 0.504 e. The number of aromatic nitrogens is 1. The third-order valence-electron chi connectivity index (χ3n) is 4.60. The van der Waals surface area contributed by atoms with Crippen LogP contribution in [0.1, 0.15) is 18.4 Å². The van der Waals surface area contributed by atoms with Crippen molar-refractivity contribution in [3.63, 3.8) is 0 Å². The number of nitrogens with two attached hydrogens (primary N) is 1. The Morgan fingerprint density at radius 1 is 1.32 bits per heavy atom. The number of thiazole rings is 1. The van der Waals surface area contributed by atoms with Crippen molar-refractivity contribution in [2.45, 2.75) is 19.4 Å². The van der Waals surface area contributed by atoms with Crippen molar-refractivity contribution in [3.05, 3.63) is 42.0 Å². The normalized spacial score (nSPS) is 13.4. The van der Waals surface area contributed by atoms with E-state index in [0.29, 0.717) is 44.8 Å². The highest BCUT2D eigenvalue weighted by atomic mass is 35.5. The molecule has 8 heteroatoms. The summed E-state index contributed by atoms with van der Waals surface area (Å²) in [7, 11) is 0. The predicted molar refractivity (Wildman–Crippen MR) is 113 cm³/mol. The maximum absolute atomic E-state index is 12.4. The summed E-state index contributed by atoms with van der Waals surface area (Å²) in [6.45, 7) is 1.75. The zero-order valence-corrected chi connectivity index (χ0v) is 16.9. The van der Waals surface area contributed by atoms with Crippen LogP contribution in [0.2, 0.25) is 0 Å². The number of benzene rings is 2. The number of para-hydroxylation sites is 1. The van der Waals surface area contributed by atoms with E-state index < -0.39 is 0 Å². The van der Waals surface area contributed by atoms with Crippen LogP contribution in [0.5, 0.6) is 11.5 Å². The molecule has 0 radical (unpaired) electrons. The van der Waals surface area contributed by atoms with Crippen LogP contribution in [-0.4, -0.2) is 40.6 Å². The van der Waals surface area contributed by atoms with Crippen LogP contribution in [0.15, 0.2) is 36.4 Å². The predicted octanol–water partition coefficient (Wildman–Crippen LogP) is 3.55. The Bertz CT molecular complexity index is 959. The van der Waals surface area contributed by atoms with E-state index in [1.54, 1.807) is 22.3 Å². The lowest BCUT2D eigenvalue weighted by molar-refractivity contribution is -0.132. The number of phenols is 1. The van der Waals surface area contributed by atoms with E-state index in [9.17, 15) is 9.90 Å². The first kappa shape index (κ1) is 20.4. The number of phenolic OH excluding ortho intramolecular Hbond substituents is 1. The number of ether oxygens (including phenoxy) is 1. The van der Waals surface area contributed by atoms with E-state index in [-0.39, 0.29) is 24.1 Å². The third-order valence-corrected chi connectivity index (χ3v) is 5.69. The Labute approximate surface area is 173 Å². The molecule has 0 spiro atoms. The van der Waals surface area contributed by atoms with Gasteiger partial charge in [-0.3, -0.25) is 4.79 Å². The summed E-state index contributed by atoms with van der Waals surface area (Å²) >= 11 is 1.58. The summed E-state index contributed by atoms with van der Waals surface area (Å²) in [5, 5.41) is 11.3. The van der Waals surface area contributed by atoms with Gasteiger partial charge in [0.25, 0.3) is 0 Å². The van der Waals surface area contributed by atoms with Gasteiger partial charge >= 0.3 is 0 Å². The molecule has 0 saturated carbocycles. The summed E-state index contributed by atoms with van der Waals surface area (Å²) in [6, 6.07) is 11.6. The van der Waals surface area contributed by atoms with Crippen LogP contribution in [0, 0.1) is 0 Å². The average Bonchev–Trinajstić information content (AvgIpc) is 2.98. The fourth-order valence-corrected chi connectivity index (χ4v) is 4.20. The van der Waals surface area contributed by atoms with Crippen LogP contribution in [0.25, 0.3) is 20.8 Å². The first-order chi connectivity index (χ1) is 13.2. The Hall–Kier alpha value is -2.35. The molecule has 1 aliphatic rings. The molecule has 4 rings (SSSR count). The van der Waals surface area contributed by atoms with Crippen molar-refractivity contribution in [3.8, 4) is 22.1 Å². The van der Waals surface area contributed by atoms with Crippen molar-refractivity contribution in [2.24, 2.45) is 5.73 Å². The van der Waals surface area contributed by atoms with E-state index in [2.05, 4.69) is 4.98 Å². The Balaban J connectivity index is 0.00000225. The van der Waals surface area contributed by atoms with Gasteiger partial charge in [-0.2, -0.15) is 0 Å². The third kappa shape index (κ3) is 4.06. The highest BCUT2D eigenvalue weighted by molar-refractivity contribution is 7.21. The molecule has 1 aromatic heterocycles. The number of carbonyl (C=O) groups excluding carboxylic acids is 1. The van der Waals surface area contributed by atoms with E-state index in [0.717, 1.165) is 26.4 Å². The number of hydrogen-bond donors (Lipinski definition) is 2. The fraction of sp³-hybridized carbons (Fsp3) is 0.300. The molecule has 0 fully saturated rings. The van der Waals surface area contributed by atoms with Gasteiger partial charge in [0, 0.05) is 24.1 Å². The molecule has 3 aromatic rings. The number of amides is 1.